The molecule has 1 atom stereocenters. The molecule has 2 aromatic heterocycles. The Morgan fingerprint density at radius 2 is 1.90 bits per heavy atom. The highest BCUT2D eigenvalue weighted by atomic mass is 19.1. The van der Waals surface area contributed by atoms with E-state index in [-0.39, 0.29) is 11.9 Å². The highest BCUT2D eigenvalue weighted by Crippen LogP contribution is 2.26. The van der Waals surface area contributed by atoms with Crippen molar-refractivity contribution in [1.82, 2.24) is 24.4 Å². The molecule has 0 N–H and O–H groups in total. The summed E-state index contributed by atoms with van der Waals surface area (Å²) in [6.45, 7) is 5.86. The molecule has 4 aromatic rings. The predicted octanol–water partition coefficient (Wildman–Crippen LogP) is 4.23. The second-order valence-corrected chi connectivity index (χ2v) is 7.66. The zero-order chi connectivity index (χ0) is 21.2. The molecule has 2 aromatic carbocycles. The second kappa shape index (κ2) is 8.53. The third-order valence-corrected chi connectivity index (χ3v) is 5.70. The largest absolute Gasteiger partial charge is 0.369 e. The van der Waals surface area contributed by atoms with Gasteiger partial charge >= 0.3 is 0 Å². The first-order chi connectivity index (χ1) is 15.2. The normalized spacial score (nSPS) is 17.3. The molecule has 3 heterocycles. The number of nitrogens with zero attached hydrogens (tertiary/aromatic N) is 5. The minimum Gasteiger partial charge on any atom is -0.369 e. The number of para-hydroxylation sites is 2. The summed E-state index contributed by atoms with van der Waals surface area (Å²) in [5, 5.41) is 0. The van der Waals surface area contributed by atoms with Gasteiger partial charge in [-0.05, 0) is 31.2 Å². The van der Waals surface area contributed by atoms with Crippen LogP contribution in [0.5, 0.6) is 0 Å². The van der Waals surface area contributed by atoms with Gasteiger partial charge < -0.3 is 9.30 Å². The van der Waals surface area contributed by atoms with Crippen LogP contribution in [-0.4, -0.2) is 44.1 Å². The average Bonchev–Trinajstić information content (AvgIpc) is 3.16. The van der Waals surface area contributed by atoms with Crippen molar-refractivity contribution in [2.45, 2.75) is 26.1 Å². The lowest BCUT2D eigenvalue weighted by molar-refractivity contribution is -0.0360. The van der Waals surface area contributed by atoms with Crippen molar-refractivity contribution in [2.24, 2.45) is 0 Å². The number of hydrogen-bond donors (Lipinski definition) is 0. The lowest BCUT2D eigenvalue weighted by Gasteiger charge is -2.32. The van der Waals surface area contributed by atoms with E-state index in [0.717, 1.165) is 42.2 Å². The maximum atomic E-state index is 14.2. The second-order valence-electron chi connectivity index (χ2n) is 7.66. The summed E-state index contributed by atoms with van der Waals surface area (Å²) in [6, 6.07) is 14.8. The van der Waals surface area contributed by atoms with Crippen LogP contribution >= 0.6 is 0 Å². The number of aromatic nitrogens is 4. The van der Waals surface area contributed by atoms with Gasteiger partial charge in [0.2, 0.25) is 0 Å². The minimum absolute atomic E-state index is 0.215. The number of hydrogen-bond acceptors (Lipinski definition) is 5. The van der Waals surface area contributed by atoms with Crippen LogP contribution < -0.4 is 0 Å². The fraction of sp³-hybridized carbons (Fsp3) is 0.292. The molecule has 0 amide bonds. The third-order valence-electron chi connectivity index (χ3n) is 5.70. The highest BCUT2D eigenvalue weighted by molar-refractivity contribution is 5.75. The van der Waals surface area contributed by atoms with E-state index in [0.29, 0.717) is 24.4 Å². The molecule has 1 fully saturated rings. The monoisotopic (exact) mass is 417 g/mol. The van der Waals surface area contributed by atoms with E-state index in [1.807, 2.05) is 12.1 Å². The molecular formula is C24H24FN5O. The number of imidazole rings is 1. The zero-order valence-corrected chi connectivity index (χ0v) is 17.4. The SMILES string of the molecule is CCn1c(CN2CCO[C@@H](c3cncc(-c4ccccc4F)n3)C2)nc2ccccc21. The van der Waals surface area contributed by atoms with Crippen molar-refractivity contribution in [3.8, 4) is 11.3 Å². The van der Waals surface area contributed by atoms with Crippen molar-refractivity contribution in [3.05, 3.63) is 78.3 Å². The molecular weight excluding hydrogens is 393 g/mol. The van der Waals surface area contributed by atoms with Crippen molar-refractivity contribution in [3.63, 3.8) is 0 Å². The van der Waals surface area contributed by atoms with E-state index >= 15 is 0 Å². The Bertz CT molecular complexity index is 1210. The van der Waals surface area contributed by atoms with E-state index in [2.05, 4.69) is 38.5 Å². The first-order valence-electron chi connectivity index (χ1n) is 10.6. The van der Waals surface area contributed by atoms with Gasteiger partial charge in [0.1, 0.15) is 17.7 Å². The van der Waals surface area contributed by atoms with Crippen LogP contribution in [0, 0.1) is 5.82 Å². The molecule has 31 heavy (non-hydrogen) atoms. The Hall–Kier alpha value is -3.16. The van der Waals surface area contributed by atoms with E-state index in [4.69, 9.17) is 9.72 Å². The summed E-state index contributed by atoms with van der Waals surface area (Å²) in [7, 11) is 0. The van der Waals surface area contributed by atoms with Crippen molar-refractivity contribution in [2.75, 3.05) is 19.7 Å². The van der Waals surface area contributed by atoms with Crippen LogP contribution in [0.25, 0.3) is 22.3 Å². The fourth-order valence-corrected chi connectivity index (χ4v) is 4.16. The van der Waals surface area contributed by atoms with Crippen molar-refractivity contribution >= 4 is 11.0 Å². The highest BCUT2D eigenvalue weighted by Gasteiger charge is 2.25. The van der Waals surface area contributed by atoms with Crippen LogP contribution in [0.2, 0.25) is 0 Å². The van der Waals surface area contributed by atoms with Crippen LogP contribution in [0.15, 0.2) is 60.9 Å². The molecule has 0 aliphatic carbocycles. The van der Waals surface area contributed by atoms with Gasteiger partial charge in [0.05, 0.1) is 48.0 Å². The first-order valence-corrected chi connectivity index (χ1v) is 10.6. The summed E-state index contributed by atoms with van der Waals surface area (Å²) in [4.78, 5) is 16.1. The Balaban J connectivity index is 1.37. The van der Waals surface area contributed by atoms with E-state index < -0.39 is 0 Å². The molecule has 7 heteroatoms. The van der Waals surface area contributed by atoms with Gasteiger partial charge in [-0.25, -0.2) is 14.4 Å². The summed E-state index contributed by atoms with van der Waals surface area (Å²) in [6.07, 6.45) is 3.08. The third kappa shape index (κ3) is 3.94. The number of halogens is 1. The average molecular weight is 417 g/mol. The maximum absolute atomic E-state index is 14.2. The molecule has 158 valence electrons. The van der Waals surface area contributed by atoms with E-state index in [9.17, 15) is 4.39 Å². The van der Waals surface area contributed by atoms with Gasteiger partial charge in [-0.2, -0.15) is 0 Å². The number of morpholine rings is 1. The van der Waals surface area contributed by atoms with Crippen LogP contribution in [0.4, 0.5) is 4.39 Å². The number of aryl methyl sites for hydroxylation is 1. The fourth-order valence-electron chi connectivity index (χ4n) is 4.16. The quantitative estimate of drug-likeness (QED) is 0.487. The smallest absolute Gasteiger partial charge is 0.132 e. The topological polar surface area (TPSA) is 56.1 Å². The maximum Gasteiger partial charge on any atom is 0.132 e. The molecule has 1 aliphatic heterocycles. The van der Waals surface area contributed by atoms with Gasteiger partial charge in [0.25, 0.3) is 0 Å². The van der Waals surface area contributed by atoms with Crippen LogP contribution in [0.3, 0.4) is 0 Å². The molecule has 6 nitrogen and oxygen atoms in total. The van der Waals surface area contributed by atoms with Gasteiger partial charge in [0.15, 0.2) is 0 Å². The van der Waals surface area contributed by atoms with Crippen LogP contribution in [-0.2, 0) is 17.8 Å². The van der Waals surface area contributed by atoms with Gasteiger partial charge in [-0.3, -0.25) is 9.88 Å². The molecule has 0 bridgehead atoms. The lowest BCUT2D eigenvalue weighted by atomic mass is 10.1. The van der Waals surface area contributed by atoms with E-state index in [1.54, 1.807) is 30.6 Å². The van der Waals surface area contributed by atoms with Crippen molar-refractivity contribution < 1.29 is 9.13 Å². The molecule has 1 aliphatic rings. The molecule has 0 radical (unpaired) electrons. The lowest BCUT2D eigenvalue weighted by Crippen LogP contribution is -2.38. The number of rotatable bonds is 5. The Kier molecular flexibility index (Phi) is 5.44. The molecule has 0 spiro atoms. The Morgan fingerprint density at radius 3 is 2.77 bits per heavy atom. The molecule has 5 rings (SSSR count). The molecule has 1 saturated heterocycles. The van der Waals surface area contributed by atoms with E-state index in [1.165, 1.54) is 6.07 Å². The Morgan fingerprint density at radius 1 is 1.06 bits per heavy atom. The number of benzene rings is 2. The van der Waals surface area contributed by atoms with Crippen LogP contribution in [0.1, 0.15) is 24.5 Å². The number of fused-ring (bicyclic) bond motifs is 1. The summed E-state index contributed by atoms with van der Waals surface area (Å²) < 4.78 is 22.5. The van der Waals surface area contributed by atoms with Gasteiger partial charge in [-0.1, -0.05) is 24.3 Å². The van der Waals surface area contributed by atoms with Gasteiger partial charge in [0, 0.05) is 25.2 Å². The minimum atomic E-state index is -0.307. The summed E-state index contributed by atoms with van der Waals surface area (Å²) in [5.74, 6) is 0.745. The number of ether oxygens (including phenoxy) is 1. The summed E-state index contributed by atoms with van der Waals surface area (Å²) in [5.41, 5.74) is 3.86. The summed E-state index contributed by atoms with van der Waals surface area (Å²) >= 11 is 0. The molecule has 0 saturated carbocycles. The van der Waals surface area contributed by atoms with Gasteiger partial charge in [-0.15, -0.1) is 0 Å². The first kappa shape index (κ1) is 19.8. The molecule has 0 unspecified atom stereocenters. The van der Waals surface area contributed by atoms with Crippen molar-refractivity contribution in [1.29, 1.82) is 0 Å². The standard InChI is InChI=1S/C24H24FN5O/c1-2-30-22-10-6-5-9-19(22)28-24(30)16-29-11-12-31-23(15-29)21-14-26-13-20(27-21)17-7-3-4-8-18(17)25/h3-10,13-14,23H,2,11-12,15-16H2,1H3/t23-/m1/s1. The predicted molar refractivity (Wildman–Crippen MR) is 117 cm³/mol. The Labute approximate surface area is 180 Å². The zero-order valence-electron chi connectivity index (χ0n) is 17.4.